The highest BCUT2D eigenvalue weighted by atomic mass is 15.2. The number of hydrogen-bond donors (Lipinski definition) is 1. The molecule has 0 bridgehead atoms. The summed E-state index contributed by atoms with van der Waals surface area (Å²) in [6, 6.07) is 1.62. The van der Waals surface area contributed by atoms with E-state index in [-0.39, 0.29) is 0 Å². The van der Waals surface area contributed by atoms with Crippen LogP contribution >= 0.6 is 0 Å². The maximum absolute atomic E-state index is 3.53. The lowest BCUT2D eigenvalue weighted by atomic mass is 9.89. The minimum absolute atomic E-state index is 0.800. The van der Waals surface area contributed by atoms with E-state index in [1.54, 1.807) is 0 Å². The van der Waals surface area contributed by atoms with Crippen molar-refractivity contribution < 1.29 is 0 Å². The molecule has 2 heterocycles. The molecule has 2 rings (SSSR count). The highest BCUT2D eigenvalue weighted by molar-refractivity contribution is 4.86. The predicted octanol–water partition coefficient (Wildman–Crippen LogP) is 1.86. The molecule has 3 unspecified atom stereocenters. The Kier molecular flexibility index (Phi) is 3.45. The van der Waals surface area contributed by atoms with E-state index in [9.17, 15) is 0 Å². The summed E-state index contributed by atoms with van der Waals surface area (Å²) in [6.45, 7) is 8.61. The summed E-state index contributed by atoms with van der Waals surface area (Å²) >= 11 is 0. The first kappa shape index (κ1) is 10.4. The van der Waals surface area contributed by atoms with Crippen LogP contribution in [0.5, 0.6) is 0 Å². The van der Waals surface area contributed by atoms with Crippen molar-refractivity contribution in [1.29, 1.82) is 0 Å². The molecule has 0 aromatic rings. The van der Waals surface area contributed by atoms with Gasteiger partial charge >= 0.3 is 0 Å². The lowest BCUT2D eigenvalue weighted by Gasteiger charge is -2.44. The molecule has 2 heteroatoms. The molecule has 2 fully saturated rings. The van der Waals surface area contributed by atoms with Crippen LogP contribution in [0.2, 0.25) is 0 Å². The molecule has 2 nitrogen and oxygen atoms in total. The van der Waals surface area contributed by atoms with Crippen molar-refractivity contribution in [2.75, 3.05) is 19.6 Å². The zero-order valence-electron chi connectivity index (χ0n) is 9.63. The molecule has 0 aromatic carbocycles. The van der Waals surface area contributed by atoms with Crippen molar-refractivity contribution in [2.45, 2.75) is 51.6 Å². The van der Waals surface area contributed by atoms with Crippen LogP contribution in [0, 0.1) is 5.92 Å². The second-order valence-electron chi connectivity index (χ2n) is 5.10. The Bertz CT molecular complexity index is 175. The maximum Gasteiger partial charge on any atom is 0.0224 e. The molecule has 2 saturated heterocycles. The highest BCUT2D eigenvalue weighted by Crippen LogP contribution is 2.26. The molecule has 14 heavy (non-hydrogen) atoms. The van der Waals surface area contributed by atoms with Crippen LogP contribution in [0.3, 0.4) is 0 Å². The fourth-order valence-electron chi connectivity index (χ4n) is 3.00. The monoisotopic (exact) mass is 196 g/mol. The van der Waals surface area contributed by atoms with Gasteiger partial charge in [-0.25, -0.2) is 0 Å². The van der Waals surface area contributed by atoms with E-state index >= 15 is 0 Å². The normalized spacial score (nSPS) is 41.1. The van der Waals surface area contributed by atoms with Crippen LogP contribution in [0.15, 0.2) is 0 Å². The van der Waals surface area contributed by atoms with E-state index in [0.29, 0.717) is 0 Å². The Hall–Kier alpha value is -0.0800. The molecular weight excluding hydrogens is 172 g/mol. The van der Waals surface area contributed by atoms with Gasteiger partial charge in [-0.1, -0.05) is 6.92 Å². The van der Waals surface area contributed by atoms with Gasteiger partial charge in [0.1, 0.15) is 0 Å². The first-order valence-corrected chi connectivity index (χ1v) is 6.25. The number of hydrogen-bond acceptors (Lipinski definition) is 2. The van der Waals surface area contributed by atoms with Gasteiger partial charge in [0.15, 0.2) is 0 Å². The van der Waals surface area contributed by atoms with Crippen molar-refractivity contribution >= 4 is 0 Å². The first-order chi connectivity index (χ1) is 6.79. The molecule has 0 spiro atoms. The van der Waals surface area contributed by atoms with Gasteiger partial charge in [-0.3, -0.25) is 4.90 Å². The van der Waals surface area contributed by atoms with Crippen molar-refractivity contribution in [3.05, 3.63) is 0 Å². The number of rotatable bonds is 1. The summed E-state index contributed by atoms with van der Waals surface area (Å²) < 4.78 is 0. The van der Waals surface area contributed by atoms with E-state index < -0.39 is 0 Å². The number of likely N-dealkylation sites (tertiary alicyclic amines) is 1. The van der Waals surface area contributed by atoms with E-state index in [0.717, 1.165) is 18.0 Å². The van der Waals surface area contributed by atoms with Crippen LogP contribution in [-0.4, -0.2) is 36.6 Å². The molecule has 0 aliphatic carbocycles. The van der Waals surface area contributed by atoms with Gasteiger partial charge in [0.25, 0.3) is 0 Å². The van der Waals surface area contributed by atoms with Gasteiger partial charge in [-0.05, 0) is 51.6 Å². The summed E-state index contributed by atoms with van der Waals surface area (Å²) in [5.41, 5.74) is 0. The van der Waals surface area contributed by atoms with Gasteiger partial charge in [0.05, 0.1) is 0 Å². The summed E-state index contributed by atoms with van der Waals surface area (Å²) in [5, 5.41) is 3.53. The van der Waals surface area contributed by atoms with Crippen molar-refractivity contribution in [3.63, 3.8) is 0 Å². The third-order valence-electron chi connectivity index (χ3n) is 4.16. The third-order valence-corrected chi connectivity index (χ3v) is 4.16. The fourth-order valence-corrected chi connectivity index (χ4v) is 3.00. The zero-order valence-corrected chi connectivity index (χ0v) is 9.63. The standard InChI is InChI=1S/C12H24N2/c1-10-5-4-8-14(11(10)2)12-6-3-7-13-9-12/h10-13H,3-9H2,1-2H3. The lowest BCUT2D eigenvalue weighted by molar-refractivity contribution is 0.0564. The molecule has 0 radical (unpaired) electrons. The highest BCUT2D eigenvalue weighted by Gasteiger charge is 2.30. The second-order valence-corrected chi connectivity index (χ2v) is 5.10. The first-order valence-electron chi connectivity index (χ1n) is 6.25. The quantitative estimate of drug-likeness (QED) is 0.688. The predicted molar refractivity (Wildman–Crippen MR) is 60.5 cm³/mol. The summed E-state index contributed by atoms with van der Waals surface area (Å²) in [4.78, 5) is 2.75. The summed E-state index contributed by atoms with van der Waals surface area (Å²) in [7, 11) is 0. The number of nitrogens with zero attached hydrogens (tertiary/aromatic N) is 1. The van der Waals surface area contributed by atoms with E-state index in [1.165, 1.54) is 45.3 Å². The van der Waals surface area contributed by atoms with Gasteiger partial charge in [0.2, 0.25) is 0 Å². The molecule has 0 saturated carbocycles. The molecule has 1 N–H and O–H groups in total. The summed E-state index contributed by atoms with van der Waals surface area (Å²) in [5.74, 6) is 0.894. The smallest absolute Gasteiger partial charge is 0.0224 e. The Morgan fingerprint density at radius 2 is 2.00 bits per heavy atom. The Labute approximate surface area is 88.1 Å². The van der Waals surface area contributed by atoms with Crippen molar-refractivity contribution in [3.8, 4) is 0 Å². The van der Waals surface area contributed by atoms with Gasteiger partial charge in [0, 0.05) is 18.6 Å². The fraction of sp³-hybridized carbons (Fsp3) is 1.00. The van der Waals surface area contributed by atoms with Crippen LogP contribution < -0.4 is 5.32 Å². The van der Waals surface area contributed by atoms with Crippen LogP contribution in [0.25, 0.3) is 0 Å². The Morgan fingerprint density at radius 1 is 1.14 bits per heavy atom. The molecular formula is C12H24N2. The molecule has 82 valence electrons. The Balaban J connectivity index is 1.93. The molecule has 3 atom stereocenters. The van der Waals surface area contributed by atoms with E-state index in [4.69, 9.17) is 0 Å². The minimum atomic E-state index is 0.800. The maximum atomic E-state index is 3.53. The molecule has 2 aliphatic rings. The number of nitrogens with one attached hydrogen (secondary N) is 1. The third kappa shape index (κ3) is 2.12. The van der Waals surface area contributed by atoms with Gasteiger partial charge in [-0.2, -0.15) is 0 Å². The van der Waals surface area contributed by atoms with Crippen LogP contribution in [0.1, 0.15) is 39.5 Å². The average Bonchev–Trinajstić information content (AvgIpc) is 2.23. The van der Waals surface area contributed by atoms with E-state index in [1.807, 2.05) is 0 Å². The van der Waals surface area contributed by atoms with Crippen molar-refractivity contribution in [1.82, 2.24) is 10.2 Å². The Morgan fingerprint density at radius 3 is 2.71 bits per heavy atom. The zero-order chi connectivity index (χ0) is 9.97. The van der Waals surface area contributed by atoms with Gasteiger partial charge < -0.3 is 5.32 Å². The SMILES string of the molecule is CC1CCCN(C2CCCNC2)C1C. The molecule has 0 amide bonds. The minimum Gasteiger partial charge on any atom is -0.315 e. The summed E-state index contributed by atoms with van der Waals surface area (Å²) in [6.07, 6.45) is 5.60. The second kappa shape index (κ2) is 4.63. The molecule has 0 aromatic heterocycles. The van der Waals surface area contributed by atoms with Crippen LogP contribution in [-0.2, 0) is 0 Å². The molecule has 2 aliphatic heterocycles. The largest absolute Gasteiger partial charge is 0.315 e. The average molecular weight is 196 g/mol. The van der Waals surface area contributed by atoms with E-state index in [2.05, 4.69) is 24.1 Å². The van der Waals surface area contributed by atoms with Crippen molar-refractivity contribution in [2.24, 2.45) is 5.92 Å². The number of piperidine rings is 2. The topological polar surface area (TPSA) is 15.3 Å². The lowest BCUT2D eigenvalue weighted by Crippen LogP contribution is -2.53. The van der Waals surface area contributed by atoms with Crippen LogP contribution in [0.4, 0.5) is 0 Å². The van der Waals surface area contributed by atoms with Gasteiger partial charge in [-0.15, -0.1) is 0 Å².